The highest BCUT2D eigenvalue weighted by Gasteiger charge is 2.35. The molecule has 41 heavy (non-hydrogen) atoms. The van der Waals surface area contributed by atoms with Crippen LogP contribution < -0.4 is 14.8 Å². The SMILES string of the molecule is COc1ccnc(C(=O)NC2CCCC(Cc3ccc(C)cc3)C(OCC(C)C)C(C)OC2=O)c1OCOC(C)=O. The van der Waals surface area contributed by atoms with E-state index in [1.165, 1.54) is 37.4 Å². The number of carbonyl (C=O) groups is 3. The summed E-state index contributed by atoms with van der Waals surface area (Å²) in [7, 11) is 1.41. The van der Waals surface area contributed by atoms with Gasteiger partial charge in [-0.15, -0.1) is 0 Å². The molecule has 4 atom stereocenters. The maximum atomic E-state index is 13.3. The lowest BCUT2D eigenvalue weighted by atomic mass is 9.86. The van der Waals surface area contributed by atoms with Crippen LogP contribution in [0.3, 0.4) is 0 Å². The Balaban J connectivity index is 1.79. The summed E-state index contributed by atoms with van der Waals surface area (Å²) >= 11 is 0. The fourth-order valence-electron chi connectivity index (χ4n) is 4.82. The largest absolute Gasteiger partial charge is 0.493 e. The maximum Gasteiger partial charge on any atom is 0.329 e. The van der Waals surface area contributed by atoms with E-state index < -0.39 is 36.8 Å². The number of nitrogens with zero attached hydrogens (tertiary/aromatic N) is 1. The van der Waals surface area contributed by atoms with Gasteiger partial charge in [0.2, 0.25) is 6.79 Å². The highest BCUT2D eigenvalue weighted by atomic mass is 16.7. The van der Waals surface area contributed by atoms with Crippen LogP contribution in [-0.4, -0.2) is 61.6 Å². The summed E-state index contributed by atoms with van der Waals surface area (Å²) in [5.41, 5.74) is 2.29. The van der Waals surface area contributed by atoms with E-state index in [1.807, 2.05) is 6.92 Å². The van der Waals surface area contributed by atoms with E-state index in [1.54, 1.807) is 0 Å². The molecular formula is C31H42N2O8. The number of cyclic esters (lactones) is 1. The molecule has 1 fully saturated rings. The molecule has 2 heterocycles. The van der Waals surface area contributed by atoms with E-state index >= 15 is 0 Å². The van der Waals surface area contributed by atoms with E-state index in [-0.39, 0.29) is 29.2 Å². The first kappa shape index (κ1) is 31.9. The van der Waals surface area contributed by atoms with Gasteiger partial charge in [0.1, 0.15) is 12.1 Å². The lowest BCUT2D eigenvalue weighted by Gasteiger charge is -2.32. The number of methoxy groups -OCH3 is 1. The molecule has 0 spiro atoms. The van der Waals surface area contributed by atoms with E-state index in [0.717, 1.165) is 12.8 Å². The first-order valence-corrected chi connectivity index (χ1v) is 14.1. The monoisotopic (exact) mass is 570 g/mol. The van der Waals surface area contributed by atoms with Crippen molar-refractivity contribution < 1.29 is 38.1 Å². The Morgan fingerprint density at radius 3 is 2.54 bits per heavy atom. The minimum atomic E-state index is -0.900. The zero-order chi connectivity index (χ0) is 29.9. The van der Waals surface area contributed by atoms with Gasteiger partial charge in [0.05, 0.1) is 13.2 Å². The molecule has 1 saturated heterocycles. The van der Waals surface area contributed by atoms with Crippen LogP contribution in [0.25, 0.3) is 0 Å². The number of hydrogen-bond acceptors (Lipinski definition) is 9. The molecule has 224 valence electrons. The number of aryl methyl sites for hydroxylation is 1. The molecule has 3 rings (SSSR count). The normalized spacial score (nSPS) is 21.2. The molecule has 0 saturated carbocycles. The highest BCUT2D eigenvalue weighted by molar-refractivity contribution is 5.98. The van der Waals surface area contributed by atoms with Crippen molar-refractivity contribution >= 4 is 17.8 Å². The third-order valence-corrected chi connectivity index (χ3v) is 6.90. The molecule has 1 aliphatic heterocycles. The molecule has 1 aliphatic rings. The van der Waals surface area contributed by atoms with Gasteiger partial charge in [-0.3, -0.25) is 9.59 Å². The van der Waals surface area contributed by atoms with Crippen LogP contribution in [0.1, 0.15) is 68.6 Å². The van der Waals surface area contributed by atoms with Gasteiger partial charge in [-0.1, -0.05) is 50.1 Å². The molecule has 0 radical (unpaired) electrons. The van der Waals surface area contributed by atoms with Crippen molar-refractivity contribution in [3.8, 4) is 11.5 Å². The van der Waals surface area contributed by atoms with Crippen LogP contribution in [0.4, 0.5) is 0 Å². The van der Waals surface area contributed by atoms with Crippen molar-refractivity contribution in [1.29, 1.82) is 0 Å². The third-order valence-electron chi connectivity index (χ3n) is 6.90. The molecular weight excluding hydrogens is 528 g/mol. The van der Waals surface area contributed by atoms with Gasteiger partial charge in [-0.25, -0.2) is 9.78 Å². The Morgan fingerprint density at radius 2 is 1.88 bits per heavy atom. The molecule has 10 heteroatoms. The molecule has 1 aromatic carbocycles. The van der Waals surface area contributed by atoms with Gasteiger partial charge in [0, 0.05) is 25.8 Å². The Morgan fingerprint density at radius 1 is 1.15 bits per heavy atom. The molecule has 1 amide bonds. The summed E-state index contributed by atoms with van der Waals surface area (Å²) in [5, 5.41) is 2.77. The molecule has 10 nitrogen and oxygen atoms in total. The van der Waals surface area contributed by atoms with Crippen LogP contribution in [-0.2, 0) is 30.2 Å². The predicted octanol–water partition coefficient (Wildman–Crippen LogP) is 4.41. The first-order valence-electron chi connectivity index (χ1n) is 14.1. The summed E-state index contributed by atoms with van der Waals surface area (Å²) in [5.74, 6) is -1.05. The standard InChI is InChI=1S/C31H42N2O8/c1-19(2)17-38-28-21(4)41-31(36)25(9-7-8-24(28)16-23-12-10-20(3)11-13-23)33-30(35)27-29(40-18-39-22(5)34)26(37-6)14-15-32-27/h10-15,19,21,24-25,28H,7-9,16-18H2,1-6H3,(H,33,35). The van der Waals surface area contributed by atoms with Gasteiger partial charge < -0.3 is 29.0 Å². The lowest BCUT2D eigenvalue weighted by Crippen LogP contribution is -2.45. The topological polar surface area (TPSA) is 122 Å². The molecule has 2 aromatic rings. The zero-order valence-electron chi connectivity index (χ0n) is 24.8. The summed E-state index contributed by atoms with van der Waals surface area (Å²) in [4.78, 5) is 42.0. The van der Waals surface area contributed by atoms with Crippen molar-refractivity contribution in [3.63, 3.8) is 0 Å². The van der Waals surface area contributed by atoms with Crippen LogP contribution in [0.5, 0.6) is 11.5 Å². The molecule has 1 N–H and O–H groups in total. The fraction of sp³-hybridized carbons (Fsp3) is 0.548. The lowest BCUT2D eigenvalue weighted by molar-refractivity contribution is -0.161. The second-order valence-corrected chi connectivity index (χ2v) is 10.8. The average molecular weight is 571 g/mol. The third kappa shape index (κ3) is 9.45. The van der Waals surface area contributed by atoms with Crippen molar-refractivity contribution in [3.05, 3.63) is 53.3 Å². The minimum absolute atomic E-state index is 0.00105. The van der Waals surface area contributed by atoms with Crippen LogP contribution >= 0.6 is 0 Å². The Hall–Kier alpha value is -3.66. The Kier molecular flexibility index (Phi) is 11.9. The number of esters is 2. The number of carbonyl (C=O) groups excluding carboxylic acids is 3. The van der Waals surface area contributed by atoms with Crippen LogP contribution in [0.2, 0.25) is 0 Å². The number of pyridine rings is 1. The van der Waals surface area contributed by atoms with Gasteiger partial charge in [-0.05, 0) is 50.5 Å². The smallest absolute Gasteiger partial charge is 0.329 e. The second kappa shape index (κ2) is 15.4. The summed E-state index contributed by atoms with van der Waals surface area (Å²) in [6.07, 6.45) is 3.21. The van der Waals surface area contributed by atoms with Crippen LogP contribution in [0.15, 0.2) is 36.5 Å². The summed E-state index contributed by atoms with van der Waals surface area (Å²) < 4.78 is 27.9. The quantitative estimate of drug-likeness (QED) is 0.309. The van der Waals surface area contributed by atoms with E-state index in [9.17, 15) is 14.4 Å². The van der Waals surface area contributed by atoms with E-state index in [2.05, 4.69) is 55.3 Å². The Labute approximate surface area is 242 Å². The number of rotatable bonds is 11. The number of amides is 1. The van der Waals surface area contributed by atoms with Crippen molar-refractivity contribution in [1.82, 2.24) is 10.3 Å². The fourth-order valence-corrected chi connectivity index (χ4v) is 4.82. The number of aromatic nitrogens is 1. The number of hydrogen-bond donors (Lipinski definition) is 1. The first-order chi connectivity index (χ1) is 19.6. The molecule has 1 aromatic heterocycles. The molecule has 4 unspecified atom stereocenters. The van der Waals surface area contributed by atoms with Gasteiger partial charge >= 0.3 is 11.9 Å². The minimum Gasteiger partial charge on any atom is -0.493 e. The number of nitrogens with one attached hydrogen (secondary N) is 1. The number of ether oxygens (including phenoxy) is 5. The van der Waals surface area contributed by atoms with E-state index in [0.29, 0.717) is 25.4 Å². The summed E-state index contributed by atoms with van der Waals surface area (Å²) in [6.45, 7) is 9.44. The molecule has 0 bridgehead atoms. The zero-order valence-corrected chi connectivity index (χ0v) is 24.8. The van der Waals surface area contributed by atoms with Crippen molar-refractivity contribution in [2.24, 2.45) is 11.8 Å². The van der Waals surface area contributed by atoms with Crippen molar-refractivity contribution in [2.45, 2.75) is 78.6 Å². The molecule has 0 aliphatic carbocycles. The summed E-state index contributed by atoms with van der Waals surface area (Å²) in [6, 6.07) is 9.07. The number of benzene rings is 1. The van der Waals surface area contributed by atoms with Gasteiger partial charge in [0.15, 0.2) is 17.2 Å². The van der Waals surface area contributed by atoms with Crippen LogP contribution in [0, 0.1) is 18.8 Å². The highest BCUT2D eigenvalue weighted by Crippen LogP contribution is 2.31. The average Bonchev–Trinajstić information content (AvgIpc) is 2.97. The van der Waals surface area contributed by atoms with E-state index in [4.69, 9.17) is 23.7 Å². The van der Waals surface area contributed by atoms with Gasteiger partial charge in [0.25, 0.3) is 5.91 Å². The maximum absolute atomic E-state index is 13.3. The van der Waals surface area contributed by atoms with Gasteiger partial charge in [-0.2, -0.15) is 0 Å². The Bertz CT molecular complexity index is 1170. The predicted molar refractivity (Wildman–Crippen MR) is 152 cm³/mol. The second-order valence-electron chi connectivity index (χ2n) is 10.8. The van der Waals surface area contributed by atoms with Crippen molar-refractivity contribution in [2.75, 3.05) is 20.5 Å².